The Kier molecular flexibility index (Phi) is 7.42. The number of anilines is 3. The van der Waals surface area contributed by atoms with Gasteiger partial charge in [-0.15, -0.1) is 0 Å². The van der Waals surface area contributed by atoms with Crippen LogP contribution in [0.25, 0.3) is 10.8 Å². The van der Waals surface area contributed by atoms with Crippen LogP contribution in [0.15, 0.2) is 54.6 Å². The van der Waals surface area contributed by atoms with Crippen molar-refractivity contribution in [1.29, 1.82) is 0 Å². The third kappa shape index (κ3) is 5.73. The summed E-state index contributed by atoms with van der Waals surface area (Å²) in [7, 11) is 0. The number of halogens is 1. The van der Waals surface area contributed by atoms with Gasteiger partial charge < -0.3 is 25.0 Å². The molecule has 0 aromatic heterocycles. The molecule has 0 atom stereocenters. The van der Waals surface area contributed by atoms with Gasteiger partial charge in [0, 0.05) is 72.7 Å². The first kappa shape index (κ1) is 23.5. The van der Waals surface area contributed by atoms with E-state index in [0.29, 0.717) is 43.2 Å². The standard InChI is InChI=1S/C27H31FN4O3/c28-21-17-20(18-22(19-21)32-11-15-35-16-12-32)27(33)30-26-6-5-25(23-3-1-2-4-24(23)26)29-7-8-31-9-13-34-14-10-31/h1-6,17-19,29H,7-16H2,(H,30,33). The number of hydrogen-bond donors (Lipinski definition) is 2. The summed E-state index contributed by atoms with van der Waals surface area (Å²) < 4.78 is 25.2. The topological polar surface area (TPSA) is 66.1 Å². The van der Waals surface area contributed by atoms with Crippen LogP contribution >= 0.6 is 0 Å². The summed E-state index contributed by atoms with van der Waals surface area (Å²) in [5, 5.41) is 8.49. The Balaban J connectivity index is 1.31. The van der Waals surface area contributed by atoms with Crippen molar-refractivity contribution in [3.05, 3.63) is 66.0 Å². The van der Waals surface area contributed by atoms with Crippen molar-refractivity contribution < 1.29 is 18.7 Å². The molecule has 0 radical (unpaired) electrons. The van der Waals surface area contributed by atoms with Crippen LogP contribution in [0.2, 0.25) is 0 Å². The van der Waals surface area contributed by atoms with Crippen molar-refractivity contribution in [2.45, 2.75) is 0 Å². The Morgan fingerprint density at radius 2 is 1.51 bits per heavy atom. The first-order valence-corrected chi connectivity index (χ1v) is 12.2. The molecule has 3 aromatic carbocycles. The predicted molar refractivity (Wildman–Crippen MR) is 137 cm³/mol. The zero-order chi connectivity index (χ0) is 24.0. The van der Waals surface area contributed by atoms with Crippen LogP contribution in [0.3, 0.4) is 0 Å². The molecule has 7 nitrogen and oxygen atoms in total. The van der Waals surface area contributed by atoms with Crippen molar-refractivity contribution in [1.82, 2.24) is 4.90 Å². The minimum absolute atomic E-state index is 0.295. The molecule has 5 rings (SSSR count). The Morgan fingerprint density at radius 1 is 0.857 bits per heavy atom. The summed E-state index contributed by atoms with van der Waals surface area (Å²) in [6, 6.07) is 16.4. The number of carbonyl (C=O) groups is 1. The maximum absolute atomic E-state index is 14.4. The number of hydrogen-bond acceptors (Lipinski definition) is 6. The zero-order valence-corrected chi connectivity index (χ0v) is 19.8. The van der Waals surface area contributed by atoms with Gasteiger partial charge in [-0.25, -0.2) is 4.39 Å². The lowest BCUT2D eigenvalue weighted by molar-refractivity contribution is 0.0398. The van der Waals surface area contributed by atoms with Crippen molar-refractivity contribution in [2.24, 2.45) is 0 Å². The van der Waals surface area contributed by atoms with E-state index in [1.165, 1.54) is 12.1 Å². The number of nitrogens with one attached hydrogen (secondary N) is 2. The number of carbonyl (C=O) groups excluding carboxylic acids is 1. The minimum atomic E-state index is -0.427. The molecule has 35 heavy (non-hydrogen) atoms. The third-order valence-electron chi connectivity index (χ3n) is 6.54. The number of benzene rings is 3. The Bertz CT molecular complexity index is 1180. The maximum atomic E-state index is 14.4. The molecule has 2 aliphatic rings. The van der Waals surface area contributed by atoms with Gasteiger partial charge in [-0.2, -0.15) is 0 Å². The van der Waals surface area contributed by atoms with Gasteiger partial charge in [0.25, 0.3) is 5.91 Å². The number of fused-ring (bicyclic) bond motifs is 1. The van der Waals surface area contributed by atoms with Crippen LogP contribution < -0.4 is 15.5 Å². The minimum Gasteiger partial charge on any atom is -0.383 e. The molecule has 184 valence electrons. The molecule has 1 amide bonds. The second kappa shape index (κ2) is 11.0. The Hall–Kier alpha value is -3.20. The number of amides is 1. The first-order valence-electron chi connectivity index (χ1n) is 12.2. The Morgan fingerprint density at radius 3 is 2.26 bits per heavy atom. The van der Waals surface area contributed by atoms with Gasteiger partial charge in [-0.1, -0.05) is 24.3 Å². The molecule has 3 aromatic rings. The second-order valence-corrected chi connectivity index (χ2v) is 8.84. The highest BCUT2D eigenvalue weighted by Gasteiger charge is 2.17. The molecule has 2 saturated heterocycles. The van der Waals surface area contributed by atoms with E-state index in [4.69, 9.17) is 9.47 Å². The molecule has 8 heteroatoms. The van der Waals surface area contributed by atoms with Crippen LogP contribution in [-0.2, 0) is 9.47 Å². The molecule has 2 N–H and O–H groups in total. The van der Waals surface area contributed by atoms with E-state index >= 15 is 0 Å². The molecule has 2 heterocycles. The van der Waals surface area contributed by atoms with Gasteiger partial charge in [0.15, 0.2) is 0 Å². The monoisotopic (exact) mass is 478 g/mol. The maximum Gasteiger partial charge on any atom is 0.255 e. The van der Waals surface area contributed by atoms with Gasteiger partial charge in [0.1, 0.15) is 5.82 Å². The van der Waals surface area contributed by atoms with E-state index in [1.54, 1.807) is 6.07 Å². The van der Waals surface area contributed by atoms with Crippen LogP contribution in [-0.4, -0.2) is 76.5 Å². The SMILES string of the molecule is O=C(Nc1ccc(NCCN2CCOCC2)c2ccccc12)c1cc(F)cc(N2CCOCC2)c1. The van der Waals surface area contributed by atoms with E-state index < -0.39 is 5.82 Å². The van der Waals surface area contributed by atoms with Gasteiger partial charge in [0.05, 0.1) is 26.4 Å². The van der Waals surface area contributed by atoms with Crippen molar-refractivity contribution in [3.63, 3.8) is 0 Å². The van der Waals surface area contributed by atoms with Gasteiger partial charge in [0.2, 0.25) is 0 Å². The smallest absolute Gasteiger partial charge is 0.255 e. The van der Waals surface area contributed by atoms with Crippen LogP contribution in [0.5, 0.6) is 0 Å². The average Bonchev–Trinajstić information content (AvgIpc) is 2.90. The summed E-state index contributed by atoms with van der Waals surface area (Å²) in [5.41, 5.74) is 2.71. The lowest BCUT2D eigenvalue weighted by Crippen LogP contribution is -2.39. The highest BCUT2D eigenvalue weighted by atomic mass is 19.1. The second-order valence-electron chi connectivity index (χ2n) is 8.84. The van der Waals surface area contributed by atoms with Gasteiger partial charge >= 0.3 is 0 Å². The molecular weight excluding hydrogens is 447 g/mol. The molecule has 2 aliphatic heterocycles. The van der Waals surface area contributed by atoms with Crippen LogP contribution in [0.1, 0.15) is 10.4 Å². The molecule has 0 spiro atoms. The van der Waals surface area contributed by atoms with Crippen LogP contribution in [0, 0.1) is 5.82 Å². The largest absolute Gasteiger partial charge is 0.383 e. The zero-order valence-electron chi connectivity index (χ0n) is 19.8. The summed E-state index contributed by atoms with van der Waals surface area (Å²) in [6.07, 6.45) is 0. The first-order chi connectivity index (χ1) is 17.2. The fraction of sp³-hybridized carbons (Fsp3) is 0.370. The van der Waals surface area contributed by atoms with E-state index in [-0.39, 0.29) is 5.91 Å². The fourth-order valence-corrected chi connectivity index (χ4v) is 4.64. The molecule has 0 aliphatic carbocycles. The molecule has 2 fully saturated rings. The average molecular weight is 479 g/mol. The molecule has 0 bridgehead atoms. The lowest BCUT2D eigenvalue weighted by atomic mass is 10.1. The highest BCUT2D eigenvalue weighted by Crippen LogP contribution is 2.31. The third-order valence-corrected chi connectivity index (χ3v) is 6.54. The van der Waals surface area contributed by atoms with Crippen molar-refractivity contribution in [3.8, 4) is 0 Å². The number of morpholine rings is 2. The van der Waals surface area contributed by atoms with E-state index in [0.717, 1.165) is 55.9 Å². The summed E-state index contributed by atoms with van der Waals surface area (Å²) in [4.78, 5) is 17.5. The van der Waals surface area contributed by atoms with E-state index in [1.807, 2.05) is 41.3 Å². The lowest BCUT2D eigenvalue weighted by Gasteiger charge is -2.29. The summed E-state index contributed by atoms with van der Waals surface area (Å²) in [5.74, 6) is -0.763. The van der Waals surface area contributed by atoms with E-state index in [2.05, 4.69) is 15.5 Å². The van der Waals surface area contributed by atoms with Crippen molar-refractivity contribution in [2.75, 3.05) is 81.2 Å². The summed E-state index contributed by atoms with van der Waals surface area (Å²) in [6.45, 7) is 7.80. The molecule has 0 saturated carbocycles. The quantitative estimate of drug-likeness (QED) is 0.539. The fourth-order valence-electron chi connectivity index (χ4n) is 4.64. The van der Waals surface area contributed by atoms with Crippen molar-refractivity contribution >= 4 is 33.7 Å². The number of nitrogens with zero attached hydrogens (tertiary/aromatic N) is 2. The normalized spacial score (nSPS) is 16.9. The van der Waals surface area contributed by atoms with E-state index in [9.17, 15) is 9.18 Å². The van der Waals surface area contributed by atoms with Gasteiger partial charge in [-0.3, -0.25) is 9.69 Å². The number of ether oxygens (including phenoxy) is 2. The molecule has 0 unspecified atom stereocenters. The predicted octanol–water partition coefficient (Wildman–Crippen LogP) is 3.81. The number of rotatable bonds is 7. The van der Waals surface area contributed by atoms with Crippen LogP contribution in [0.4, 0.5) is 21.5 Å². The highest BCUT2D eigenvalue weighted by molar-refractivity contribution is 6.11. The molecular formula is C27H31FN4O3. The summed E-state index contributed by atoms with van der Waals surface area (Å²) >= 11 is 0. The Labute approximate surface area is 204 Å². The van der Waals surface area contributed by atoms with Gasteiger partial charge in [-0.05, 0) is 30.3 Å².